The summed E-state index contributed by atoms with van der Waals surface area (Å²) in [6, 6.07) is 4.91. The van der Waals surface area contributed by atoms with Crippen LogP contribution in [0.25, 0.3) is 10.9 Å². The van der Waals surface area contributed by atoms with Gasteiger partial charge in [-0.05, 0) is 30.7 Å². The Labute approximate surface area is 111 Å². The van der Waals surface area contributed by atoms with Crippen molar-refractivity contribution in [3.8, 4) is 5.75 Å². The number of carboxylic acid groups (broad SMARTS) is 1. The maximum absolute atomic E-state index is 10.9. The molecule has 1 unspecified atom stereocenters. The molecule has 0 saturated carbocycles. The Balaban J connectivity index is 2.49. The zero-order valence-corrected chi connectivity index (χ0v) is 11.1. The first-order valence-electron chi connectivity index (χ1n) is 6.21. The number of aromatic nitrogens is 1. The van der Waals surface area contributed by atoms with Crippen LogP contribution in [-0.4, -0.2) is 28.8 Å². The van der Waals surface area contributed by atoms with E-state index in [1.54, 1.807) is 7.11 Å². The SMILES string of the molecule is CCn1cc(CC(N)C(=O)O)c2cc(OC)ccc21. The minimum Gasteiger partial charge on any atom is -0.497 e. The second-order valence-corrected chi connectivity index (χ2v) is 4.47. The van der Waals surface area contributed by atoms with Gasteiger partial charge in [-0.3, -0.25) is 4.79 Å². The van der Waals surface area contributed by atoms with E-state index in [9.17, 15) is 4.79 Å². The van der Waals surface area contributed by atoms with Gasteiger partial charge in [0.05, 0.1) is 7.11 Å². The van der Waals surface area contributed by atoms with Crippen LogP contribution in [0.2, 0.25) is 0 Å². The van der Waals surface area contributed by atoms with Crippen molar-refractivity contribution in [3.63, 3.8) is 0 Å². The minimum atomic E-state index is -0.986. The van der Waals surface area contributed by atoms with Crippen LogP contribution in [0, 0.1) is 0 Å². The van der Waals surface area contributed by atoms with Gasteiger partial charge in [-0.25, -0.2) is 0 Å². The van der Waals surface area contributed by atoms with E-state index in [4.69, 9.17) is 15.6 Å². The second-order valence-electron chi connectivity index (χ2n) is 4.47. The normalized spacial score (nSPS) is 12.6. The summed E-state index contributed by atoms with van der Waals surface area (Å²) < 4.78 is 7.30. The molecule has 0 aliphatic carbocycles. The average molecular weight is 262 g/mol. The zero-order valence-electron chi connectivity index (χ0n) is 11.1. The van der Waals surface area contributed by atoms with Crippen LogP contribution < -0.4 is 10.5 Å². The molecule has 5 nitrogen and oxygen atoms in total. The number of benzene rings is 1. The Morgan fingerprint density at radius 2 is 2.26 bits per heavy atom. The fourth-order valence-electron chi connectivity index (χ4n) is 2.23. The highest BCUT2D eigenvalue weighted by Gasteiger charge is 2.16. The third kappa shape index (κ3) is 2.56. The maximum Gasteiger partial charge on any atom is 0.320 e. The molecule has 0 bridgehead atoms. The van der Waals surface area contributed by atoms with Gasteiger partial charge in [0, 0.05) is 30.1 Å². The summed E-state index contributed by atoms with van der Waals surface area (Å²) in [5.41, 5.74) is 7.62. The van der Waals surface area contributed by atoms with Crippen molar-refractivity contribution in [3.05, 3.63) is 30.0 Å². The lowest BCUT2D eigenvalue weighted by Gasteiger charge is -2.05. The Hall–Kier alpha value is -2.01. The highest BCUT2D eigenvalue weighted by Crippen LogP contribution is 2.26. The van der Waals surface area contributed by atoms with Crippen molar-refractivity contribution < 1.29 is 14.6 Å². The maximum atomic E-state index is 10.9. The minimum absolute atomic E-state index is 0.312. The molecule has 0 aliphatic heterocycles. The lowest BCUT2D eigenvalue weighted by Crippen LogP contribution is -2.32. The number of aliphatic carboxylic acids is 1. The van der Waals surface area contributed by atoms with Gasteiger partial charge >= 0.3 is 5.97 Å². The lowest BCUT2D eigenvalue weighted by atomic mass is 10.1. The molecule has 0 fully saturated rings. The number of hydrogen-bond acceptors (Lipinski definition) is 3. The van der Waals surface area contributed by atoms with Crippen molar-refractivity contribution in [1.82, 2.24) is 4.57 Å². The number of carboxylic acids is 1. The second kappa shape index (κ2) is 5.32. The molecule has 0 spiro atoms. The molecule has 1 aromatic heterocycles. The van der Waals surface area contributed by atoms with Gasteiger partial charge in [-0.15, -0.1) is 0 Å². The Morgan fingerprint density at radius 3 is 2.84 bits per heavy atom. The molecular weight excluding hydrogens is 244 g/mol. The van der Waals surface area contributed by atoms with Crippen LogP contribution in [0.1, 0.15) is 12.5 Å². The van der Waals surface area contributed by atoms with Crippen molar-refractivity contribution >= 4 is 16.9 Å². The fraction of sp³-hybridized carbons (Fsp3) is 0.357. The van der Waals surface area contributed by atoms with Crippen molar-refractivity contribution in [1.29, 1.82) is 0 Å². The van der Waals surface area contributed by atoms with E-state index in [1.165, 1.54) is 0 Å². The van der Waals surface area contributed by atoms with Gasteiger partial charge < -0.3 is 20.1 Å². The van der Waals surface area contributed by atoms with Gasteiger partial charge in [-0.1, -0.05) is 0 Å². The molecule has 2 aromatic rings. The van der Waals surface area contributed by atoms with E-state index in [0.29, 0.717) is 6.42 Å². The van der Waals surface area contributed by atoms with Crippen LogP contribution in [0.3, 0.4) is 0 Å². The molecule has 19 heavy (non-hydrogen) atoms. The average Bonchev–Trinajstić information content (AvgIpc) is 2.75. The fourth-order valence-corrected chi connectivity index (χ4v) is 2.23. The van der Waals surface area contributed by atoms with Crippen LogP contribution in [0.5, 0.6) is 5.75 Å². The monoisotopic (exact) mass is 262 g/mol. The highest BCUT2D eigenvalue weighted by atomic mass is 16.5. The number of carbonyl (C=O) groups is 1. The first-order valence-corrected chi connectivity index (χ1v) is 6.21. The first kappa shape index (κ1) is 13.4. The summed E-state index contributed by atoms with van der Waals surface area (Å²) in [6.45, 7) is 2.87. The van der Waals surface area contributed by atoms with Crippen molar-refractivity contribution in [2.75, 3.05) is 7.11 Å². The van der Waals surface area contributed by atoms with Gasteiger partial charge in [0.1, 0.15) is 11.8 Å². The van der Waals surface area contributed by atoms with Gasteiger partial charge in [-0.2, -0.15) is 0 Å². The highest BCUT2D eigenvalue weighted by molar-refractivity contribution is 5.86. The van der Waals surface area contributed by atoms with Gasteiger partial charge in [0.25, 0.3) is 0 Å². The molecule has 102 valence electrons. The Bertz CT molecular complexity index is 604. The van der Waals surface area contributed by atoms with E-state index in [1.807, 2.05) is 31.3 Å². The zero-order chi connectivity index (χ0) is 14.0. The number of rotatable bonds is 5. The van der Waals surface area contributed by atoms with Crippen LogP contribution in [0.4, 0.5) is 0 Å². The number of hydrogen-bond donors (Lipinski definition) is 2. The number of ether oxygens (including phenoxy) is 1. The molecule has 3 N–H and O–H groups in total. The van der Waals surface area contributed by atoms with E-state index < -0.39 is 12.0 Å². The first-order chi connectivity index (χ1) is 9.06. The van der Waals surface area contributed by atoms with Gasteiger partial charge in [0.2, 0.25) is 0 Å². The molecule has 0 radical (unpaired) electrons. The van der Waals surface area contributed by atoms with Gasteiger partial charge in [0.15, 0.2) is 0 Å². The van der Waals surface area contributed by atoms with Crippen LogP contribution >= 0.6 is 0 Å². The Morgan fingerprint density at radius 1 is 1.53 bits per heavy atom. The number of nitrogens with zero attached hydrogens (tertiary/aromatic N) is 1. The molecule has 1 aromatic carbocycles. The van der Waals surface area contributed by atoms with E-state index in [-0.39, 0.29) is 0 Å². The topological polar surface area (TPSA) is 77.5 Å². The summed E-state index contributed by atoms with van der Waals surface area (Å²) >= 11 is 0. The lowest BCUT2D eigenvalue weighted by molar-refractivity contribution is -0.138. The van der Waals surface area contributed by atoms with E-state index in [0.717, 1.165) is 28.8 Å². The summed E-state index contributed by atoms with van der Waals surface area (Å²) in [4.78, 5) is 10.9. The largest absolute Gasteiger partial charge is 0.497 e. The predicted molar refractivity (Wildman–Crippen MR) is 73.5 cm³/mol. The smallest absolute Gasteiger partial charge is 0.320 e. The van der Waals surface area contributed by atoms with E-state index >= 15 is 0 Å². The molecule has 2 rings (SSSR count). The summed E-state index contributed by atoms with van der Waals surface area (Å²) in [5.74, 6) is -0.230. The number of fused-ring (bicyclic) bond motifs is 1. The summed E-state index contributed by atoms with van der Waals surface area (Å²) in [7, 11) is 1.61. The molecule has 0 saturated heterocycles. The van der Waals surface area contributed by atoms with E-state index in [2.05, 4.69) is 4.57 Å². The number of methoxy groups -OCH3 is 1. The Kier molecular flexibility index (Phi) is 3.76. The van der Waals surface area contributed by atoms with Crippen molar-refractivity contribution in [2.45, 2.75) is 25.9 Å². The van der Waals surface area contributed by atoms with Crippen LogP contribution in [-0.2, 0) is 17.8 Å². The molecule has 5 heteroatoms. The molecule has 0 amide bonds. The van der Waals surface area contributed by atoms with Crippen LogP contribution in [0.15, 0.2) is 24.4 Å². The molecule has 1 heterocycles. The summed E-state index contributed by atoms with van der Waals surface area (Å²) in [5, 5.41) is 9.92. The molecular formula is C14H18N2O3. The molecule has 1 atom stereocenters. The number of nitrogens with two attached hydrogens (primary N) is 1. The summed E-state index contributed by atoms with van der Waals surface area (Å²) in [6.07, 6.45) is 2.28. The molecule has 0 aliphatic rings. The standard InChI is InChI=1S/C14H18N2O3/c1-3-16-8-9(6-12(15)14(17)18)11-7-10(19-2)4-5-13(11)16/h4-5,7-8,12H,3,6,15H2,1-2H3,(H,17,18). The quantitative estimate of drug-likeness (QED) is 0.858. The third-order valence-electron chi connectivity index (χ3n) is 3.27. The predicted octanol–water partition coefficient (Wildman–Crippen LogP) is 1.62. The number of aryl methyl sites for hydroxylation is 1. The third-order valence-corrected chi connectivity index (χ3v) is 3.27. The van der Waals surface area contributed by atoms with Crippen molar-refractivity contribution in [2.24, 2.45) is 5.73 Å².